The van der Waals surface area contributed by atoms with Crippen LogP contribution in [-0.4, -0.2) is 131 Å². The Morgan fingerprint density at radius 3 is 2.28 bits per heavy atom. The van der Waals surface area contributed by atoms with E-state index in [1.54, 1.807) is 24.3 Å². The number of urea groups is 1. The monoisotopic (exact) mass is 809 g/mol. The molecule has 8 atom stereocenters. The van der Waals surface area contributed by atoms with Crippen LogP contribution in [0.1, 0.15) is 51.2 Å². The fourth-order valence-corrected chi connectivity index (χ4v) is 7.97. The van der Waals surface area contributed by atoms with Gasteiger partial charge in [-0.25, -0.2) is 18.4 Å². The quantitative estimate of drug-likeness (QED) is 0.312. The minimum atomic E-state index is -1.64. The highest BCUT2D eigenvalue weighted by Gasteiger charge is 2.47. The molecule has 6 rings (SSSR count). The van der Waals surface area contributed by atoms with E-state index in [1.165, 1.54) is 28.5 Å². The summed E-state index contributed by atoms with van der Waals surface area (Å²) in [5.41, 5.74) is 1.33. The number of amides is 7. The fourth-order valence-electron chi connectivity index (χ4n) is 7.97. The molecule has 18 heteroatoms. The van der Waals surface area contributed by atoms with Crippen LogP contribution in [-0.2, 0) is 44.7 Å². The summed E-state index contributed by atoms with van der Waals surface area (Å²) in [6, 6.07) is 1.10. The number of halogens is 2. The fraction of sp³-hybridized carbons (Fsp3) is 0.525. The molecule has 2 aromatic carbocycles. The summed E-state index contributed by atoms with van der Waals surface area (Å²) >= 11 is 0. The van der Waals surface area contributed by atoms with Crippen LogP contribution < -0.4 is 21.3 Å². The van der Waals surface area contributed by atoms with Gasteiger partial charge in [-0.1, -0.05) is 24.6 Å². The number of rotatable bonds is 6. The van der Waals surface area contributed by atoms with E-state index in [9.17, 15) is 42.3 Å². The van der Waals surface area contributed by atoms with Crippen molar-refractivity contribution in [1.82, 2.24) is 30.7 Å². The minimum Gasteiger partial charge on any atom is -0.458 e. The van der Waals surface area contributed by atoms with Gasteiger partial charge in [0.05, 0.1) is 13.2 Å². The third-order valence-electron chi connectivity index (χ3n) is 11.0. The molecule has 0 bridgehead atoms. The van der Waals surface area contributed by atoms with Gasteiger partial charge in [0.25, 0.3) is 0 Å². The summed E-state index contributed by atoms with van der Waals surface area (Å²) in [5.74, 6) is -6.30. The van der Waals surface area contributed by atoms with E-state index in [0.717, 1.165) is 17.7 Å². The van der Waals surface area contributed by atoms with E-state index in [1.807, 2.05) is 13.8 Å². The summed E-state index contributed by atoms with van der Waals surface area (Å²) in [6.45, 7) is 6.86. The molecule has 4 saturated heterocycles. The number of hydrogen-bond acceptors (Lipinski definition) is 9. The second-order valence-corrected chi connectivity index (χ2v) is 15.5. The zero-order valence-corrected chi connectivity index (χ0v) is 32.8. The number of nitrogens with one attached hydrogen (secondary N) is 4. The molecular formula is C40H49F2N7O9. The van der Waals surface area contributed by atoms with Crippen LogP contribution >= 0.6 is 0 Å². The molecule has 4 N–H and O–H groups in total. The van der Waals surface area contributed by atoms with Gasteiger partial charge in [0, 0.05) is 37.8 Å². The Kier molecular flexibility index (Phi) is 12.9. The number of benzene rings is 2. The van der Waals surface area contributed by atoms with Gasteiger partial charge < -0.3 is 45.4 Å². The third kappa shape index (κ3) is 9.54. The van der Waals surface area contributed by atoms with Crippen LogP contribution in [0.2, 0.25) is 0 Å². The largest absolute Gasteiger partial charge is 0.458 e. The Labute approximate surface area is 334 Å². The van der Waals surface area contributed by atoms with Crippen LogP contribution in [0, 0.1) is 24.5 Å². The topological polar surface area (TPSA) is 196 Å². The van der Waals surface area contributed by atoms with Crippen molar-refractivity contribution in [3.05, 3.63) is 65.2 Å². The Morgan fingerprint density at radius 2 is 1.57 bits per heavy atom. The molecule has 0 aliphatic carbocycles. The summed E-state index contributed by atoms with van der Waals surface area (Å²) in [6.07, 6.45) is -0.959. The molecule has 4 aliphatic rings. The highest BCUT2D eigenvalue weighted by atomic mass is 19.1. The number of hydrogen-bond donors (Lipinski definition) is 4. The first-order valence-electron chi connectivity index (χ1n) is 19.5. The van der Waals surface area contributed by atoms with E-state index >= 15 is 0 Å². The van der Waals surface area contributed by atoms with Gasteiger partial charge in [-0.3, -0.25) is 24.0 Å². The first kappa shape index (κ1) is 42.0. The number of aryl methyl sites for hydroxylation is 1. The molecule has 2 aromatic rings. The lowest BCUT2D eigenvalue weighted by Crippen LogP contribution is -2.64. The van der Waals surface area contributed by atoms with Crippen molar-refractivity contribution in [2.75, 3.05) is 38.2 Å². The van der Waals surface area contributed by atoms with Crippen molar-refractivity contribution in [3.63, 3.8) is 0 Å². The predicted molar refractivity (Wildman–Crippen MR) is 203 cm³/mol. The molecule has 58 heavy (non-hydrogen) atoms. The third-order valence-corrected chi connectivity index (χ3v) is 11.0. The Bertz CT molecular complexity index is 1910. The van der Waals surface area contributed by atoms with Crippen molar-refractivity contribution >= 4 is 47.2 Å². The van der Waals surface area contributed by atoms with Gasteiger partial charge in [0.15, 0.2) is 0 Å². The summed E-state index contributed by atoms with van der Waals surface area (Å²) in [4.78, 5) is 102. The Morgan fingerprint density at radius 1 is 0.879 bits per heavy atom. The zero-order valence-electron chi connectivity index (χ0n) is 32.8. The number of cyclic esters (lactones) is 1. The van der Waals surface area contributed by atoms with E-state index in [0.29, 0.717) is 18.2 Å². The standard InChI is InChI=1S/C40H49F2N7O9/c1-21-7-9-28(10-8-21)44-40(56)45-29(17-25-15-26(41)18-27(42)16-25)34(50)46-33-24(4)58-39(55)31-14-22(2)19-49(31)36(52)23(3)43-35(51)32-20-57-13-12-48(32)37(53)30-6-5-11-47(30)38(33)54/h7-10,15-16,18,22-24,29-33H,5-6,11-14,17,19-20H2,1-4H3,(H,43,51)(H,46,50)(H2,44,45,56). The SMILES string of the molecule is Cc1ccc(NC(=O)NC(Cc2cc(F)cc(F)c2)C(=O)NC2C(=O)N3CCCC3C(=O)N3CCOCC3C(=O)NC(C)C(=O)N3CC(C)CC3C(=O)OC2C)cc1. The molecule has 4 aliphatic heterocycles. The number of carbonyl (C=O) groups excluding carboxylic acids is 7. The molecule has 0 spiro atoms. The van der Waals surface area contributed by atoms with Gasteiger partial charge in [0.2, 0.25) is 29.5 Å². The van der Waals surface area contributed by atoms with E-state index in [2.05, 4.69) is 21.3 Å². The smallest absolute Gasteiger partial charge is 0.329 e. The minimum absolute atomic E-state index is 0.0146. The second-order valence-electron chi connectivity index (χ2n) is 15.5. The van der Waals surface area contributed by atoms with Gasteiger partial charge in [-0.15, -0.1) is 0 Å². The predicted octanol–water partition coefficient (Wildman–Crippen LogP) is 1.40. The average molecular weight is 810 g/mol. The molecular weight excluding hydrogens is 760 g/mol. The van der Waals surface area contributed by atoms with Gasteiger partial charge in [0.1, 0.15) is 54.0 Å². The van der Waals surface area contributed by atoms with Gasteiger partial charge in [-0.2, -0.15) is 0 Å². The number of esters is 1. The Balaban J connectivity index is 1.34. The molecule has 0 saturated carbocycles. The van der Waals surface area contributed by atoms with Gasteiger partial charge in [-0.05, 0) is 75.8 Å². The number of nitrogens with zero attached hydrogens (tertiary/aromatic N) is 3. The van der Waals surface area contributed by atoms with Crippen LogP contribution in [0.25, 0.3) is 0 Å². The summed E-state index contributed by atoms with van der Waals surface area (Å²) in [5, 5.41) is 10.4. The van der Waals surface area contributed by atoms with Crippen molar-refractivity contribution in [3.8, 4) is 0 Å². The number of fused-ring (bicyclic) bond motifs is 3. The van der Waals surface area contributed by atoms with Crippen LogP contribution in [0.3, 0.4) is 0 Å². The molecule has 312 valence electrons. The molecule has 0 aromatic heterocycles. The second kappa shape index (κ2) is 17.9. The first-order valence-corrected chi connectivity index (χ1v) is 19.5. The highest BCUT2D eigenvalue weighted by molar-refractivity contribution is 5.99. The summed E-state index contributed by atoms with van der Waals surface area (Å²) in [7, 11) is 0. The lowest BCUT2D eigenvalue weighted by Gasteiger charge is -2.39. The first-order chi connectivity index (χ1) is 27.6. The van der Waals surface area contributed by atoms with Crippen molar-refractivity contribution in [2.45, 2.75) is 95.7 Å². The molecule has 8 unspecified atom stereocenters. The van der Waals surface area contributed by atoms with Crippen LogP contribution in [0.15, 0.2) is 42.5 Å². The van der Waals surface area contributed by atoms with Crippen molar-refractivity contribution < 1.29 is 51.8 Å². The molecule has 0 radical (unpaired) electrons. The molecule has 4 heterocycles. The normalized spacial score (nSPS) is 27.5. The number of anilines is 1. The molecule has 7 amide bonds. The lowest BCUT2D eigenvalue weighted by molar-refractivity contribution is -0.164. The number of morpholine rings is 1. The zero-order chi connectivity index (χ0) is 41.8. The average Bonchev–Trinajstić information content (AvgIpc) is 3.83. The maximum absolute atomic E-state index is 14.7. The van der Waals surface area contributed by atoms with Crippen molar-refractivity contribution in [1.29, 1.82) is 0 Å². The van der Waals surface area contributed by atoms with E-state index < -0.39 is 102 Å². The number of carbonyl (C=O) groups is 7. The maximum Gasteiger partial charge on any atom is 0.329 e. The van der Waals surface area contributed by atoms with E-state index in [-0.39, 0.29) is 57.2 Å². The number of ether oxygens (including phenoxy) is 2. The molecule has 16 nitrogen and oxygen atoms in total. The molecule has 4 fully saturated rings. The highest BCUT2D eigenvalue weighted by Crippen LogP contribution is 2.28. The Hall–Kier alpha value is -5.65. The van der Waals surface area contributed by atoms with Crippen LogP contribution in [0.5, 0.6) is 0 Å². The summed E-state index contributed by atoms with van der Waals surface area (Å²) < 4.78 is 40.1. The van der Waals surface area contributed by atoms with E-state index in [4.69, 9.17) is 9.47 Å². The van der Waals surface area contributed by atoms with Crippen LogP contribution in [0.4, 0.5) is 19.3 Å². The maximum atomic E-state index is 14.7. The van der Waals surface area contributed by atoms with Crippen molar-refractivity contribution in [2.24, 2.45) is 5.92 Å². The van der Waals surface area contributed by atoms with Gasteiger partial charge >= 0.3 is 12.0 Å². The lowest BCUT2D eigenvalue weighted by atomic mass is 10.0.